The lowest BCUT2D eigenvalue weighted by molar-refractivity contribution is -0.132. The third kappa shape index (κ3) is 7.94. The summed E-state index contributed by atoms with van der Waals surface area (Å²) < 4.78 is 5.64. The van der Waals surface area contributed by atoms with E-state index in [4.69, 9.17) is 4.74 Å². The second-order valence-corrected chi connectivity index (χ2v) is 6.73. The molecule has 0 radical (unpaired) electrons. The van der Waals surface area contributed by atoms with E-state index >= 15 is 0 Å². The Labute approximate surface area is 180 Å². The van der Waals surface area contributed by atoms with E-state index in [0.29, 0.717) is 38.0 Å². The van der Waals surface area contributed by atoms with E-state index < -0.39 is 0 Å². The average molecular weight is 488 g/mol. The molecule has 0 aliphatic carbocycles. The largest absolute Gasteiger partial charge is 0.494 e. The number of carbonyl (C=O) groups is 1. The summed E-state index contributed by atoms with van der Waals surface area (Å²) in [6, 6.07) is 7.96. The van der Waals surface area contributed by atoms with Gasteiger partial charge in [0.1, 0.15) is 5.75 Å². The number of aliphatic imine (C=N–C) groups is 1. The van der Waals surface area contributed by atoms with E-state index in [1.807, 2.05) is 36.1 Å². The number of likely N-dealkylation sites (tertiary alicyclic amines) is 1. The number of hydrogen-bond acceptors (Lipinski definition) is 3. The Hall–Kier alpha value is -1.51. The van der Waals surface area contributed by atoms with Crippen molar-refractivity contribution >= 4 is 35.8 Å². The Morgan fingerprint density at radius 3 is 2.81 bits per heavy atom. The number of nitrogens with one attached hydrogen (secondary N) is 2. The lowest BCUT2D eigenvalue weighted by Crippen LogP contribution is -2.42. The smallest absolute Gasteiger partial charge is 0.224 e. The molecule has 6 nitrogen and oxygen atoms in total. The predicted octanol–water partition coefficient (Wildman–Crippen LogP) is 3.02. The lowest BCUT2D eigenvalue weighted by Gasteiger charge is -2.31. The zero-order chi connectivity index (χ0) is 18.8. The van der Waals surface area contributed by atoms with Crippen molar-refractivity contribution in [2.45, 2.75) is 39.7 Å². The first-order chi connectivity index (χ1) is 12.6. The van der Waals surface area contributed by atoms with Gasteiger partial charge in [0.25, 0.3) is 0 Å². The van der Waals surface area contributed by atoms with Gasteiger partial charge in [-0.2, -0.15) is 0 Å². The van der Waals surface area contributed by atoms with E-state index in [1.165, 1.54) is 6.42 Å². The van der Waals surface area contributed by atoms with Crippen LogP contribution in [0.3, 0.4) is 0 Å². The molecule has 152 valence electrons. The molecule has 1 saturated heterocycles. The van der Waals surface area contributed by atoms with Crippen LogP contribution in [-0.4, -0.2) is 50.1 Å². The number of para-hydroxylation sites is 1. The Balaban J connectivity index is 0.00000364. The van der Waals surface area contributed by atoms with Gasteiger partial charge in [-0.05, 0) is 31.7 Å². The predicted molar refractivity (Wildman–Crippen MR) is 121 cm³/mol. The topological polar surface area (TPSA) is 66.0 Å². The second kappa shape index (κ2) is 12.8. The number of rotatable bonds is 7. The van der Waals surface area contributed by atoms with Crippen LogP contribution >= 0.6 is 24.0 Å². The molecule has 27 heavy (non-hydrogen) atoms. The number of guanidine groups is 1. The van der Waals surface area contributed by atoms with Crippen molar-refractivity contribution in [3.05, 3.63) is 29.8 Å². The molecule has 1 fully saturated rings. The molecular weight excluding hydrogens is 455 g/mol. The minimum Gasteiger partial charge on any atom is -0.494 e. The first-order valence-corrected chi connectivity index (χ1v) is 9.57. The molecule has 0 aromatic heterocycles. The molecule has 2 rings (SSSR count). The third-order valence-corrected chi connectivity index (χ3v) is 4.58. The van der Waals surface area contributed by atoms with Crippen LogP contribution in [0.4, 0.5) is 0 Å². The molecule has 1 unspecified atom stereocenters. The van der Waals surface area contributed by atoms with Crippen molar-refractivity contribution in [3.63, 3.8) is 0 Å². The summed E-state index contributed by atoms with van der Waals surface area (Å²) in [4.78, 5) is 18.5. The van der Waals surface area contributed by atoms with E-state index in [-0.39, 0.29) is 29.9 Å². The van der Waals surface area contributed by atoms with Crippen molar-refractivity contribution in [2.24, 2.45) is 10.9 Å². The van der Waals surface area contributed by atoms with Gasteiger partial charge in [-0.15, -0.1) is 24.0 Å². The highest BCUT2D eigenvalue weighted by molar-refractivity contribution is 14.0. The molecule has 1 heterocycles. The van der Waals surface area contributed by atoms with Crippen LogP contribution in [0.2, 0.25) is 0 Å². The van der Waals surface area contributed by atoms with Crippen LogP contribution in [-0.2, 0) is 11.3 Å². The molecular formula is C20H33IN4O2. The Bertz CT molecular complexity index is 609. The number of halogens is 1. The number of ether oxygens (including phenoxy) is 1. The van der Waals surface area contributed by atoms with Gasteiger partial charge < -0.3 is 20.3 Å². The van der Waals surface area contributed by atoms with Crippen LogP contribution in [0, 0.1) is 5.92 Å². The van der Waals surface area contributed by atoms with Crippen LogP contribution in [0.15, 0.2) is 29.3 Å². The molecule has 7 heteroatoms. The van der Waals surface area contributed by atoms with Crippen LogP contribution in [0.25, 0.3) is 0 Å². The maximum absolute atomic E-state index is 12.3. The maximum Gasteiger partial charge on any atom is 0.224 e. The van der Waals surface area contributed by atoms with E-state index in [9.17, 15) is 4.79 Å². The fourth-order valence-corrected chi connectivity index (χ4v) is 3.21. The Morgan fingerprint density at radius 2 is 2.11 bits per heavy atom. The van der Waals surface area contributed by atoms with Gasteiger partial charge in [-0.1, -0.05) is 25.1 Å². The standard InChI is InChI=1S/C20H32N4O2.HI/c1-4-26-18-10-6-5-9-17(18)14-23-20(21-3)22-12-11-19(25)24-13-7-8-16(2)15-24;/h5-6,9-10,16H,4,7-8,11-15H2,1-3H3,(H2,21,22,23);1H. The minimum atomic E-state index is 0. The van der Waals surface area contributed by atoms with Gasteiger partial charge in [-0.25, -0.2) is 0 Å². The van der Waals surface area contributed by atoms with Crippen molar-refractivity contribution in [1.82, 2.24) is 15.5 Å². The molecule has 0 saturated carbocycles. The second-order valence-electron chi connectivity index (χ2n) is 6.73. The van der Waals surface area contributed by atoms with Crippen molar-refractivity contribution in [2.75, 3.05) is 33.3 Å². The van der Waals surface area contributed by atoms with Gasteiger partial charge >= 0.3 is 0 Å². The molecule has 1 aromatic rings. The lowest BCUT2D eigenvalue weighted by atomic mass is 10.00. The highest BCUT2D eigenvalue weighted by Crippen LogP contribution is 2.17. The van der Waals surface area contributed by atoms with Crippen LogP contribution < -0.4 is 15.4 Å². The number of piperidine rings is 1. The first kappa shape index (κ1) is 23.5. The fourth-order valence-electron chi connectivity index (χ4n) is 3.21. The molecule has 0 bridgehead atoms. The number of carbonyl (C=O) groups excluding carboxylic acids is 1. The van der Waals surface area contributed by atoms with E-state index in [0.717, 1.165) is 30.8 Å². The number of amides is 1. The molecule has 1 aliphatic rings. The number of benzene rings is 1. The summed E-state index contributed by atoms with van der Waals surface area (Å²) >= 11 is 0. The van der Waals surface area contributed by atoms with E-state index in [2.05, 4.69) is 22.5 Å². The highest BCUT2D eigenvalue weighted by atomic mass is 127. The van der Waals surface area contributed by atoms with Crippen LogP contribution in [0.5, 0.6) is 5.75 Å². The molecule has 1 atom stereocenters. The molecule has 1 amide bonds. The zero-order valence-electron chi connectivity index (χ0n) is 16.7. The molecule has 1 aliphatic heterocycles. The fraction of sp³-hybridized carbons (Fsp3) is 0.600. The first-order valence-electron chi connectivity index (χ1n) is 9.57. The van der Waals surface area contributed by atoms with Gasteiger partial charge in [0, 0.05) is 45.2 Å². The quantitative estimate of drug-likeness (QED) is 0.352. The van der Waals surface area contributed by atoms with Crippen molar-refractivity contribution in [3.8, 4) is 5.75 Å². The van der Waals surface area contributed by atoms with Crippen molar-refractivity contribution in [1.29, 1.82) is 0 Å². The molecule has 1 aromatic carbocycles. The summed E-state index contributed by atoms with van der Waals surface area (Å²) in [5, 5.41) is 6.50. The summed E-state index contributed by atoms with van der Waals surface area (Å²) in [6.45, 7) is 7.81. The zero-order valence-corrected chi connectivity index (χ0v) is 19.0. The van der Waals surface area contributed by atoms with Gasteiger partial charge in [0.05, 0.1) is 6.61 Å². The molecule has 0 spiro atoms. The summed E-state index contributed by atoms with van der Waals surface area (Å²) in [6.07, 6.45) is 2.83. The third-order valence-electron chi connectivity index (χ3n) is 4.58. The number of nitrogens with zero attached hydrogens (tertiary/aromatic N) is 2. The Morgan fingerprint density at radius 1 is 1.33 bits per heavy atom. The van der Waals surface area contributed by atoms with E-state index in [1.54, 1.807) is 7.05 Å². The van der Waals surface area contributed by atoms with Gasteiger partial charge in [0.2, 0.25) is 5.91 Å². The Kier molecular flexibility index (Phi) is 11.2. The van der Waals surface area contributed by atoms with Gasteiger partial charge in [-0.3, -0.25) is 9.79 Å². The normalized spacial score (nSPS) is 17.1. The number of hydrogen-bond donors (Lipinski definition) is 2. The summed E-state index contributed by atoms with van der Waals surface area (Å²) in [5.74, 6) is 2.41. The van der Waals surface area contributed by atoms with Crippen molar-refractivity contribution < 1.29 is 9.53 Å². The average Bonchev–Trinajstić information content (AvgIpc) is 2.65. The minimum absolute atomic E-state index is 0. The summed E-state index contributed by atoms with van der Waals surface area (Å²) in [5.41, 5.74) is 1.08. The highest BCUT2D eigenvalue weighted by Gasteiger charge is 2.20. The molecule has 2 N–H and O–H groups in total. The van der Waals surface area contributed by atoms with Crippen LogP contribution in [0.1, 0.15) is 38.7 Å². The maximum atomic E-state index is 12.3. The SMILES string of the molecule is CCOc1ccccc1CNC(=NC)NCCC(=O)N1CCCC(C)C1.I. The van der Waals surface area contributed by atoms with Gasteiger partial charge in [0.15, 0.2) is 5.96 Å². The summed E-state index contributed by atoms with van der Waals surface area (Å²) in [7, 11) is 1.73. The monoisotopic (exact) mass is 488 g/mol.